The second-order valence-corrected chi connectivity index (χ2v) is 33.4. The van der Waals surface area contributed by atoms with Crippen molar-refractivity contribution in [1.82, 2.24) is 29.9 Å². The summed E-state index contributed by atoms with van der Waals surface area (Å²) in [6.07, 6.45) is 25.5. The van der Waals surface area contributed by atoms with E-state index in [4.69, 9.17) is 24.3 Å². The number of esters is 1. The number of allylic oxidation sites excluding steroid dienone is 1. The summed E-state index contributed by atoms with van der Waals surface area (Å²) in [6.45, 7) is 4.08. The fourth-order valence-corrected chi connectivity index (χ4v) is 17.0. The number of aliphatic hydroxyl groups is 1. The molecule has 0 bridgehead atoms. The van der Waals surface area contributed by atoms with Crippen molar-refractivity contribution in [1.29, 1.82) is 15.8 Å². The van der Waals surface area contributed by atoms with E-state index in [0.29, 0.717) is 35.5 Å². The molecule has 0 aliphatic carbocycles. The summed E-state index contributed by atoms with van der Waals surface area (Å²) in [5.41, 5.74) is 4.30. The molecule has 18 aromatic rings. The number of carboxylic acid groups (broad SMARTS) is 1. The Bertz CT molecular complexity index is 7190. The van der Waals surface area contributed by atoms with Gasteiger partial charge < -0.3 is 30.9 Å². The molecule has 595 valence electrons. The number of nitriles is 3. The normalized spacial score (nSPS) is 10.6. The molecule has 0 saturated heterocycles. The van der Waals surface area contributed by atoms with Crippen LogP contribution in [0.15, 0.2) is 289 Å². The molecule has 12 aromatic carbocycles. The molecule has 0 saturated carbocycles. The number of aromatic carboxylic acids is 1. The van der Waals surface area contributed by atoms with E-state index in [9.17, 15) is 34.4 Å². The number of nitrogens with zero attached hydrogens (tertiary/aromatic N) is 9. The summed E-state index contributed by atoms with van der Waals surface area (Å²) in [7, 11) is -1.69. The topological polar surface area (TPSA) is 315 Å². The van der Waals surface area contributed by atoms with Crippen LogP contribution in [0.1, 0.15) is 63.0 Å². The molecular weight excluding hydrogens is 1970 g/mol. The van der Waals surface area contributed by atoms with Gasteiger partial charge in [0.15, 0.2) is 6.29 Å². The van der Waals surface area contributed by atoms with E-state index in [1.807, 2.05) is 195 Å². The Kier molecular flexibility index (Phi) is 37.2. The van der Waals surface area contributed by atoms with Gasteiger partial charge in [0, 0.05) is 159 Å². The summed E-state index contributed by atoms with van der Waals surface area (Å²) in [4.78, 5) is 59.3. The van der Waals surface area contributed by atoms with E-state index in [0.717, 1.165) is 174 Å². The van der Waals surface area contributed by atoms with Gasteiger partial charge in [0.1, 0.15) is 6.16 Å². The van der Waals surface area contributed by atoms with Gasteiger partial charge in [-0.2, -0.15) is 15.8 Å². The summed E-state index contributed by atoms with van der Waals surface area (Å²) in [5.74, 6) is -1.24. The third kappa shape index (κ3) is 23.3. The molecule has 0 aliphatic rings. The number of hydrogen-bond acceptors (Lipinski definition) is 18. The predicted octanol–water partition coefficient (Wildman–Crippen LogP) is 19.4. The van der Waals surface area contributed by atoms with E-state index in [2.05, 4.69) is 156 Å². The first-order chi connectivity index (χ1) is 57.2. The van der Waals surface area contributed by atoms with E-state index in [1.165, 1.54) is 13.2 Å². The van der Waals surface area contributed by atoms with E-state index >= 15 is 0 Å². The van der Waals surface area contributed by atoms with Crippen LogP contribution in [-0.2, 0) is 25.0 Å². The summed E-state index contributed by atoms with van der Waals surface area (Å²) < 4.78 is 31.8. The fraction of sp³-hybridized carbons (Fsp3) is 0.0753. The van der Waals surface area contributed by atoms with Crippen molar-refractivity contribution in [3.8, 4) is 18.2 Å². The first kappa shape index (κ1) is 97.9. The third-order valence-electron chi connectivity index (χ3n) is 18.8. The van der Waals surface area contributed by atoms with Crippen LogP contribution >= 0.6 is 103 Å². The minimum Gasteiger partial charge on any atom is -1.00 e. The number of carboxylic acids is 1. The van der Waals surface area contributed by atoms with Crippen molar-refractivity contribution >= 4 is 265 Å². The number of pyridine rings is 6. The smallest absolute Gasteiger partial charge is 1.00 e. The molecule has 0 spiro atoms. The molecule has 0 unspecified atom stereocenters. The quantitative estimate of drug-likeness (QED) is 0.0321. The van der Waals surface area contributed by atoms with Crippen LogP contribution in [0.2, 0.25) is 0 Å². The van der Waals surface area contributed by atoms with Gasteiger partial charge in [-0.1, -0.05) is 132 Å². The molecule has 29 heteroatoms. The maximum atomic E-state index is 11.9. The molecule has 0 atom stereocenters. The van der Waals surface area contributed by atoms with Crippen molar-refractivity contribution in [2.75, 3.05) is 26.5 Å². The first-order valence-corrected chi connectivity index (χ1v) is 42.6. The molecule has 19 nitrogen and oxygen atoms in total. The molecule has 122 heavy (non-hydrogen) atoms. The number of rotatable bonds is 10. The Hall–Kier alpha value is -9.51. The maximum Gasteiger partial charge on any atom is 1.00 e. The van der Waals surface area contributed by atoms with Crippen LogP contribution in [0.25, 0.3) is 135 Å². The minimum atomic E-state index is -3.08. The molecule has 3 N–H and O–H groups in total. The number of aliphatic hydroxyl groups excluding tert-OH is 1. The van der Waals surface area contributed by atoms with Gasteiger partial charge >= 0.3 is 78.6 Å². The van der Waals surface area contributed by atoms with Crippen LogP contribution < -0.4 is 59.1 Å². The van der Waals surface area contributed by atoms with Crippen LogP contribution in [0.4, 0.5) is 0 Å². The molecule has 3 radical (unpaired) electrons. The number of aldehydes is 1. The number of hydrogen-bond donors (Lipinski definition) is 2. The molecule has 0 fully saturated rings. The molecule has 18 rings (SSSR count). The van der Waals surface area contributed by atoms with Gasteiger partial charge in [-0.25, -0.2) is 9.59 Å². The Balaban J connectivity index is 0.000000197. The van der Waals surface area contributed by atoms with Crippen LogP contribution in [0, 0.1) is 34.0 Å². The van der Waals surface area contributed by atoms with E-state index < -0.39 is 13.6 Å². The molecule has 0 amide bonds. The molecule has 6 heterocycles. The zero-order valence-corrected chi connectivity index (χ0v) is 80.2. The summed E-state index contributed by atoms with van der Waals surface area (Å²) >= 11 is 20.8. The number of carbonyl (C=O) groups excluding carboxylic acids is 2. The Morgan fingerprint density at radius 3 is 1.11 bits per heavy atom. The van der Waals surface area contributed by atoms with Crippen molar-refractivity contribution in [3.05, 3.63) is 323 Å². The minimum absolute atomic E-state index is 0. The number of aromatic nitrogens is 6. The fourth-order valence-electron chi connectivity index (χ4n) is 13.6. The average Bonchev–Trinajstić information content (AvgIpc) is 0.666. The van der Waals surface area contributed by atoms with Gasteiger partial charge in [0.2, 0.25) is 0 Å². The standard InChI is InChI=1S/C16H9BrN2.C15H10BrNO2.C14H7BrN2.C14H8BrNO2.C14H10BrNO.C14H8BrNO.C6H12NO3P.B.2Na.H2O.H/c17-13-3-4-14-11(2-1-6-18)8-12-5-7-19-10-16(12)15(14)9-13;1-19-15(18)13-6-9-4-5-17-8-14(9)12-7-10(16)2-3-11(12)13;15-11-1-2-12-10(7-16)5-9-3-4-17-8-14(9)13(12)6-11;15-9-1-2-10-11(6-9)13-7-16-4-3-8(13)5-12(10)14(17)18;2*15-11-1-2-12-10(8-17)5-9-3-4-16-7-14(9)13(12)6-11;1-3-9-11(8,6-5-7)10-4-2;;;;;/h1-5,7-10H;2-8H,1H3;1-6,8H;1-7H,(H,17,18);1-7,17H,8H2;1-8H;3-4,6H2,1-2H3;;;;1H2;/q;;;;;;;;2*+1;;-1/p-1/b2-1+;;;;;;;;;;;. The van der Waals surface area contributed by atoms with Crippen molar-refractivity contribution in [2.24, 2.45) is 0 Å². The predicted molar refractivity (Wildman–Crippen MR) is 501 cm³/mol. The van der Waals surface area contributed by atoms with Crippen molar-refractivity contribution in [3.63, 3.8) is 0 Å². The van der Waals surface area contributed by atoms with Gasteiger partial charge in [0.05, 0.1) is 61.8 Å². The molecule has 6 aromatic heterocycles. The van der Waals surface area contributed by atoms with Gasteiger partial charge in [-0.05, 0) is 268 Å². The van der Waals surface area contributed by atoms with Gasteiger partial charge in [-0.3, -0.25) is 39.3 Å². The Labute approximate surface area is 798 Å². The summed E-state index contributed by atoms with van der Waals surface area (Å²) in [6, 6.07) is 64.5. The number of ether oxygens (including phenoxy) is 1. The number of benzene rings is 12. The second-order valence-electron chi connectivity index (χ2n) is 25.9. The van der Waals surface area contributed by atoms with Crippen LogP contribution in [0.5, 0.6) is 0 Å². The Morgan fingerprint density at radius 1 is 0.434 bits per heavy atom. The maximum absolute atomic E-state index is 11.9. The van der Waals surface area contributed by atoms with Crippen LogP contribution in [0.3, 0.4) is 0 Å². The number of halogens is 6. The van der Waals surface area contributed by atoms with E-state index in [1.54, 1.807) is 69.4 Å². The van der Waals surface area contributed by atoms with E-state index in [-0.39, 0.29) is 93.2 Å². The van der Waals surface area contributed by atoms with Gasteiger partial charge in [0.25, 0.3) is 0 Å². The second kappa shape index (κ2) is 46.3. The SMILES string of the molecule is CCOP(=O)(CC#N)OCC.COC(=O)c1cc2ccncc2c2cc(Br)ccc12.N#C/C=C/c1cc2ccncc2c2cc(Br)ccc12.N#Cc1cc2ccncc2c2cc(Br)ccc12.O=C(O)c1cc2ccncc2c2cc(Br)ccc12.O=Cc1cc2ccncc2c2cc(Br)ccc12.OCc1cc2ccncc2c2cc(Br)ccc12.[B].[H-].[Na+].[Na+].[OH-]. The molecule has 0 aliphatic heterocycles. The van der Waals surface area contributed by atoms with Crippen molar-refractivity contribution < 1.29 is 109 Å². The monoisotopic (exact) mass is 2030 g/mol. The molecular formula is C93H66BBr6N9Na2O10P. The Morgan fingerprint density at radius 2 is 0.754 bits per heavy atom. The average molecular weight is 2040 g/mol. The third-order valence-corrected chi connectivity index (χ3v) is 23.5. The van der Waals surface area contributed by atoms with Crippen molar-refractivity contribution in [2.45, 2.75) is 20.5 Å². The number of carbonyl (C=O) groups is 3. The zero-order chi connectivity index (χ0) is 83.6. The first-order valence-electron chi connectivity index (χ1n) is 36.1. The number of methoxy groups -OCH3 is 1. The largest absolute Gasteiger partial charge is 1.00 e. The van der Waals surface area contributed by atoms with Gasteiger partial charge in [-0.15, -0.1) is 0 Å². The summed E-state index contributed by atoms with van der Waals surface area (Å²) in [5, 5.41) is 69.4. The van der Waals surface area contributed by atoms with Crippen LogP contribution in [-0.4, -0.2) is 98.7 Å². The number of fused-ring (bicyclic) bond motifs is 18. The zero-order valence-electron chi connectivity index (χ0n) is 66.8.